The van der Waals surface area contributed by atoms with Crippen LogP contribution in [0.15, 0.2) is 16.6 Å². The zero-order valence-electron chi connectivity index (χ0n) is 10.8. The minimum atomic E-state index is -0.428. The van der Waals surface area contributed by atoms with E-state index in [0.717, 1.165) is 19.3 Å². The van der Waals surface area contributed by atoms with Crippen LogP contribution in [-0.4, -0.2) is 11.1 Å². The van der Waals surface area contributed by atoms with Gasteiger partial charge in [-0.05, 0) is 53.2 Å². The molecule has 0 spiro atoms. The van der Waals surface area contributed by atoms with Gasteiger partial charge in [-0.2, -0.15) is 0 Å². The van der Waals surface area contributed by atoms with E-state index < -0.39 is 5.82 Å². The lowest BCUT2D eigenvalue weighted by atomic mass is 9.88. The van der Waals surface area contributed by atoms with Gasteiger partial charge in [0.2, 0.25) is 0 Å². The predicted molar refractivity (Wildman–Crippen MR) is 82.0 cm³/mol. The fraction of sp³-hybridized carbons (Fsp3) is 0.500. The van der Waals surface area contributed by atoms with Crippen LogP contribution in [0.4, 0.5) is 4.39 Å². The van der Waals surface area contributed by atoms with Crippen LogP contribution in [0.1, 0.15) is 38.2 Å². The molecule has 0 aromatic heterocycles. The van der Waals surface area contributed by atoms with E-state index in [4.69, 9.17) is 22.7 Å². The molecule has 0 radical (unpaired) electrons. The lowest BCUT2D eigenvalue weighted by molar-refractivity contribution is 0.0978. The number of hydrogen-bond donors (Lipinski definition) is 1. The first-order chi connectivity index (χ1) is 9.00. The molecule has 0 bridgehead atoms. The minimum absolute atomic E-state index is 0.0887. The van der Waals surface area contributed by atoms with Crippen molar-refractivity contribution in [2.75, 3.05) is 0 Å². The summed E-state index contributed by atoms with van der Waals surface area (Å²) >= 11 is 8.06. The Morgan fingerprint density at radius 1 is 1.42 bits per heavy atom. The first kappa shape index (κ1) is 14.7. The Labute approximate surface area is 126 Å². The highest BCUT2D eigenvalue weighted by Crippen LogP contribution is 2.33. The van der Waals surface area contributed by atoms with Gasteiger partial charge >= 0.3 is 0 Å². The van der Waals surface area contributed by atoms with E-state index in [1.54, 1.807) is 12.1 Å². The van der Waals surface area contributed by atoms with E-state index in [1.807, 2.05) is 0 Å². The Kier molecular flexibility index (Phi) is 4.79. The Hall–Kier alpha value is -0.680. The van der Waals surface area contributed by atoms with E-state index in [9.17, 15) is 4.39 Å². The number of hydrogen-bond acceptors (Lipinski definition) is 2. The maximum Gasteiger partial charge on any atom is 0.179 e. The summed E-state index contributed by atoms with van der Waals surface area (Å²) in [6.07, 6.45) is 4.58. The monoisotopic (exact) mass is 345 g/mol. The number of ether oxygens (including phenoxy) is 1. The fourth-order valence-corrected chi connectivity index (χ4v) is 3.28. The third-order valence-electron chi connectivity index (χ3n) is 3.62. The zero-order valence-corrected chi connectivity index (χ0v) is 13.2. The fourth-order valence-electron chi connectivity index (χ4n) is 2.43. The molecule has 1 saturated carbocycles. The molecule has 0 heterocycles. The maximum atomic E-state index is 14.2. The smallest absolute Gasteiger partial charge is 0.179 e. The molecule has 2 rings (SSSR count). The largest absolute Gasteiger partial charge is 0.487 e. The van der Waals surface area contributed by atoms with Gasteiger partial charge in [0, 0.05) is 5.56 Å². The van der Waals surface area contributed by atoms with E-state index in [-0.39, 0.29) is 21.3 Å². The topological polar surface area (TPSA) is 35.2 Å². The second-order valence-electron chi connectivity index (χ2n) is 5.02. The van der Waals surface area contributed by atoms with Crippen LogP contribution in [-0.2, 0) is 0 Å². The Morgan fingerprint density at radius 2 is 2.11 bits per heavy atom. The van der Waals surface area contributed by atoms with Gasteiger partial charge in [0.25, 0.3) is 0 Å². The van der Waals surface area contributed by atoms with Crippen LogP contribution in [0.2, 0.25) is 0 Å². The molecule has 19 heavy (non-hydrogen) atoms. The summed E-state index contributed by atoms with van der Waals surface area (Å²) in [4.78, 5) is 0.170. The number of rotatable bonds is 3. The molecule has 0 amide bonds. The SMILES string of the molecule is CC1CCCCC1Oc1ccc(C(N)=S)c(Br)c1F. The molecule has 0 saturated heterocycles. The third-order valence-corrected chi connectivity index (χ3v) is 4.62. The van der Waals surface area contributed by atoms with Crippen molar-refractivity contribution in [3.8, 4) is 5.75 Å². The standard InChI is InChI=1S/C14H17BrFNOS/c1-8-4-2-3-5-10(8)18-11-7-6-9(14(17)19)12(15)13(11)16/h6-8,10H,2-5H2,1H3,(H2,17,19). The predicted octanol–water partition coefficient (Wildman–Crippen LogP) is 4.18. The maximum absolute atomic E-state index is 14.2. The minimum Gasteiger partial charge on any atom is -0.487 e. The second-order valence-corrected chi connectivity index (χ2v) is 6.25. The van der Waals surface area contributed by atoms with E-state index in [1.165, 1.54) is 6.42 Å². The number of nitrogens with two attached hydrogens (primary N) is 1. The summed E-state index contributed by atoms with van der Waals surface area (Å²) in [7, 11) is 0. The lowest BCUT2D eigenvalue weighted by Gasteiger charge is -2.29. The van der Waals surface area contributed by atoms with E-state index >= 15 is 0 Å². The highest BCUT2D eigenvalue weighted by atomic mass is 79.9. The molecular formula is C14H17BrFNOS. The van der Waals surface area contributed by atoms with Crippen molar-refractivity contribution < 1.29 is 9.13 Å². The van der Waals surface area contributed by atoms with Crippen LogP contribution in [0.25, 0.3) is 0 Å². The summed E-state index contributed by atoms with van der Waals surface area (Å²) in [5, 5.41) is 0. The molecule has 5 heteroatoms. The zero-order chi connectivity index (χ0) is 14.0. The lowest BCUT2D eigenvalue weighted by Crippen LogP contribution is -2.28. The molecule has 2 atom stereocenters. The third kappa shape index (κ3) is 3.26. The molecule has 104 valence electrons. The summed E-state index contributed by atoms with van der Waals surface area (Å²) in [6, 6.07) is 3.30. The molecule has 1 aromatic rings. The number of benzene rings is 1. The summed E-state index contributed by atoms with van der Waals surface area (Å²) in [5.41, 5.74) is 6.03. The summed E-state index contributed by atoms with van der Waals surface area (Å²) in [6.45, 7) is 2.15. The van der Waals surface area contributed by atoms with Crippen molar-refractivity contribution in [3.63, 3.8) is 0 Å². The molecule has 0 aliphatic heterocycles. The van der Waals surface area contributed by atoms with Crippen molar-refractivity contribution in [1.29, 1.82) is 0 Å². The van der Waals surface area contributed by atoms with Gasteiger partial charge in [0.1, 0.15) is 11.1 Å². The Bertz CT molecular complexity index is 495. The first-order valence-electron chi connectivity index (χ1n) is 6.45. The van der Waals surface area contributed by atoms with E-state index in [0.29, 0.717) is 11.5 Å². The van der Waals surface area contributed by atoms with E-state index in [2.05, 4.69) is 22.9 Å². The van der Waals surface area contributed by atoms with Crippen molar-refractivity contribution in [2.24, 2.45) is 11.7 Å². The Morgan fingerprint density at radius 3 is 2.74 bits per heavy atom. The molecule has 1 aromatic carbocycles. The van der Waals surface area contributed by atoms with Gasteiger partial charge in [-0.1, -0.05) is 25.6 Å². The van der Waals surface area contributed by atoms with Crippen molar-refractivity contribution in [3.05, 3.63) is 28.0 Å². The van der Waals surface area contributed by atoms with Crippen LogP contribution in [0.5, 0.6) is 5.75 Å². The molecule has 1 aliphatic rings. The average Bonchev–Trinajstić information content (AvgIpc) is 2.37. The molecule has 2 unspecified atom stereocenters. The molecule has 2 N–H and O–H groups in total. The second kappa shape index (κ2) is 6.18. The molecule has 1 fully saturated rings. The van der Waals surface area contributed by atoms with Gasteiger partial charge in [0.15, 0.2) is 11.6 Å². The molecule has 1 aliphatic carbocycles. The number of thiocarbonyl (C=S) groups is 1. The van der Waals surface area contributed by atoms with Crippen molar-refractivity contribution >= 4 is 33.1 Å². The van der Waals surface area contributed by atoms with Crippen molar-refractivity contribution in [1.82, 2.24) is 0 Å². The van der Waals surface area contributed by atoms with Crippen LogP contribution in [0.3, 0.4) is 0 Å². The molecular weight excluding hydrogens is 329 g/mol. The van der Waals surface area contributed by atoms with Crippen LogP contribution < -0.4 is 10.5 Å². The summed E-state index contributed by atoms with van der Waals surface area (Å²) in [5.74, 6) is 0.302. The average molecular weight is 346 g/mol. The van der Waals surface area contributed by atoms with Crippen LogP contribution >= 0.6 is 28.1 Å². The van der Waals surface area contributed by atoms with Gasteiger partial charge in [-0.25, -0.2) is 4.39 Å². The highest BCUT2D eigenvalue weighted by Gasteiger charge is 2.24. The van der Waals surface area contributed by atoms with Gasteiger partial charge in [0.05, 0.1) is 4.47 Å². The first-order valence-corrected chi connectivity index (χ1v) is 7.65. The normalized spacial score (nSPS) is 23.1. The molecule has 2 nitrogen and oxygen atoms in total. The van der Waals surface area contributed by atoms with Crippen LogP contribution in [0, 0.1) is 11.7 Å². The van der Waals surface area contributed by atoms with Gasteiger partial charge < -0.3 is 10.5 Å². The summed E-state index contributed by atoms with van der Waals surface area (Å²) < 4.78 is 20.3. The number of halogens is 2. The Balaban J connectivity index is 2.21. The quantitative estimate of drug-likeness (QED) is 0.834. The van der Waals surface area contributed by atoms with Gasteiger partial charge in [-0.3, -0.25) is 0 Å². The highest BCUT2D eigenvalue weighted by molar-refractivity contribution is 9.10. The van der Waals surface area contributed by atoms with Gasteiger partial charge in [-0.15, -0.1) is 0 Å². The van der Waals surface area contributed by atoms with Crippen molar-refractivity contribution in [2.45, 2.75) is 38.7 Å².